The van der Waals surface area contributed by atoms with Gasteiger partial charge in [-0.25, -0.2) is 5.43 Å². The predicted octanol–water partition coefficient (Wildman–Crippen LogP) is 3.63. The van der Waals surface area contributed by atoms with Crippen molar-refractivity contribution in [2.75, 3.05) is 13.7 Å². The Morgan fingerprint density at radius 3 is 2.67 bits per heavy atom. The van der Waals surface area contributed by atoms with Crippen LogP contribution in [0.3, 0.4) is 0 Å². The first kappa shape index (κ1) is 18.0. The summed E-state index contributed by atoms with van der Waals surface area (Å²) < 4.78 is 11.8. The monoisotopic (exact) mass is 436 g/mol. The molecule has 5 nitrogen and oxygen atoms in total. The number of carbonyl (C=O) groups excluding carboxylic acids is 1. The molecule has 0 atom stereocenters. The summed E-state index contributed by atoms with van der Waals surface area (Å²) in [6.07, 6.45) is 3.21. The van der Waals surface area contributed by atoms with Crippen LogP contribution in [0.25, 0.3) is 0 Å². The summed E-state index contributed by atoms with van der Waals surface area (Å²) in [5, 5.41) is 3.97. The van der Waals surface area contributed by atoms with Gasteiger partial charge in [0.15, 0.2) is 11.5 Å². The minimum atomic E-state index is -0.263. The van der Waals surface area contributed by atoms with E-state index in [0.717, 1.165) is 9.13 Å². The van der Waals surface area contributed by atoms with Crippen LogP contribution in [0.2, 0.25) is 0 Å². The van der Waals surface area contributed by atoms with E-state index in [1.54, 1.807) is 43.7 Å². The van der Waals surface area contributed by atoms with Crippen LogP contribution in [-0.4, -0.2) is 25.8 Å². The maximum atomic E-state index is 12.0. The number of rotatable bonds is 7. The SMILES string of the molecule is C=CCOc1ccc(/C=N\NC(=O)c2ccc(I)cc2)cc1OC. The molecular weight excluding hydrogens is 419 g/mol. The molecule has 1 amide bonds. The minimum absolute atomic E-state index is 0.263. The largest absolute Gasteiger partial charge is 0.493 e. The Labute approximate surface area is 154 Å². The van der Waals surface area contributed by atoms with Gasteiger partial charge < -0.3 is 9.47 Å². The Morgan fingerprint density at radius 1 is 1.25 bits per heavy atom. The molecule has 0 saturated carbocycles. The normalized spacial score (nSPS) is 10.4. The summed E-state index contributed by atoms with van der Waals surface area (Å²) in [6.45, 7) is 4.01. The van der Waals surface area contributed by atoms with E-state index in [1.807, 2.05) is 18.2 Å². The highest BCUT2D eigenvalue weighted by atomic mass is 127. The molecule has 0 unspecified atom stereocenters. The molecule has 1 N–H and O–H groups in total. The zero-order valence-corrected chi connectivity index (χ0v) is 15.3. The van der Waals surface area contributed by atoms with E-state index >= 15 is 0 Å². The molecule has 0 bridgehead atoms. The van der Waals surface area contributed by atoms with Crippen LogP contribution in [-0.2, 0) is 0 Å². The lowest BCUT2D eigenvalue weighted by atomic mass is 10.2. The van der Waals surface area contributed by atoms with Gasteiger partial charge in [-0.1, -0.05) is 12.7 Å². The van der Waals surface area contributed by atoms with Crippen LogP contribution < -0.4 is 14.9 Å². The number of hydrogen-bond acceptors (Lipinski definition) is 4. The molecule has 6 heteroatoms. The van der Waals surface area contributed by atoms with Gasteiger partial charge in [-0.15, -0.1) is 0 Å². The van der Waals surface area contributed by atoms with Gasteiger partial charge in [0.1, 0.15) is 6.61 Å². The molecule has 24 heavy (non-hydrogen) atoms. The summed E-state index contributed by atoms with van der Waals surface area (Å²) in [5.41, 5.74) is 3.83. The first-order valence-corrected chi connectivity index (χ1v) is 8.22. The van der Waals surface area contributed by atoms with Crippen LogP contribution in [0.15, 0.2) is 60.2 Å². The fraction of sp³-hybridized carbons (Fsp3) is 0.111. The summed E-state index contributed by atoms with van der Waals surface area (Å²) in [6, 6.07) is 12.6. The number of ether oxygens (including phenoxy) is 2. The van der Waals surface area contributed by atoms with E-state index in [9.17, 15) is 4.79 Å². The van der Waals surface area contributed by atoms with Crippen LogP contribution in [0.4, 0.5) is 0 Å². The van der Waals surface area contributed by atoms with Crippen LogP contribution in [0.1, 0.15) is 15.9 Å². The standard InChI is InChI=1S/C18H17IN2O3/c1-3-10-24-16-9-4-13(11-17(16)23-2)12-20-21-18(22)14-5-7-15(19)8-6-14/h3-9,11-12H,1,10H2,2H3,(H,21,22)/b20-12-. The van der Waals surface area contributed by atoms with Crippen molar-refractivity contribution in [3.8, 4) is 11.5 Å². The molecule has 0 saturated heterocycles. The Morgan fingerprint density at radius 2 is 2.00 bits per heavy atom. The lowest BCUT2D eigenvalue weighted by Gasteiger charge is -2.09. The second-order valence-corrected chi connectivity index (χ2v) is 5.96. The first-order chi connectivity index (χ1) is 11.6. The minimum Gasteiger partial charge on any atom is -0.493 e. The predicted molar refractivity (Wildman–Crippen MR) is 103 cm³/mol. The maximum Gasteiger partial charge on any atom is 0.271 e. The summed E-state index contributed by atoms with van der Waals surface area (Å²) in [7, 11) is 1.57. The van der Waals surface area contributed by atoms with Crippen LogP contribution in [0.5, 0.6) is 11.5 Å². The molecular formula is C18H17IN2O3. The molecule has 0 heterocycles. The van der Waals surface area contributed by atoms with E-state index in [4.69, 9.17) is 9.47 Å². The smallest absolute Gasteiger partial charge is 0.271 e. The molecule has 2 rings (SSSR count). The molecule has 2 aromatic carbocycles. The second kappa shape index (κ2) is 9.07. The number of nitrogens with zero attached hydrogens (tertiary/aromatic N) is 1. The highest BCUT2D eigenvalue weighted by Gasteiger charge is 2.05. The van der Waals surface area contributed by atoms with Gasteiger partial charge in [-0.2, -0.15) is 5.10 Å². The first-order valence-electron chi connectivity index (χ1n) is 7.14. The molecule has 2 aromatic rings. The number of nitrogens with one attached hydrogen (secondary N) is 1. The number of benzene rings is 2. The van der Waals surface area contributed by atoms with Crippen molar-refractivity contribution in [1.82, 2.24) is 5.43 Å². The fourth-order valence-corrected chi connectivity index (χ4v) is 2.22. The van der Waals surface area contributed by atoms with E-state index in [-0.39, 0.29) is 5.91 Å². The van der Waals surface area contributed by atoms with Crippen LogP contribution in [0, 0.1) is 3.57 Å². The van der Waals surface area contributed by atoms with Gasteiger partial charge in [0.25, 0.3) is 5.91 Å². The second-order valence-electron chi connectivity index (χ2n) is 4.72. The summed E-state index contributed by atoms with van der Waals surface area (Å²) in [5.74, 6) is 0.947. The molecule has 0 aliphatic carbocycles. The Balaban J connectivity index is 2.02. The topological polar surface area (TPSA) is 59.9 Å². The van der Waals surface area contributed by atoms with Crippen molar-refractivity contribution in [3.05, 3.63) is 69.8 Å². The molecule has 124 valence electrons. The Hall–Kier alpha value is -2.35. The fourth-order valence-electron chi connectivity index (χ4n) is 1.86. The van der Waals surface area contributed by atoms with E-state index in [1.165, 1.54) is 0 Å². The van der Waals surface area contributed by atoms with Gasteiger partial charge in [0.2, 0.25) is 0 Å². The Bertz CT molecular complexity index is 742. The van der Waals surface area contributed by atoms with Crippen molar-refractivity contribution in [2.24, 2.45) is 5.10 Å². The van der Waals surface area contributed by atoms with Gasteiger partial charge >= 0.3 is 0 Å². The highest BCUT2D eigenvalue weighted by Crippen LogP contribution is 2.27. The van der Waals surface area contributed by atoms with Crippen molar-refractivity contribution in [3.63, 3.8) is 0 Å². The van der Waals surface area contributed by atoms with Crippen molar-refractivity contribution in [2.45, 2.75) is 0 Å². The van der Waals surface area contributed by atoms with Crippen molar-refractivity contribution < 1.29 is 14.3 Å². The lowest BCUT2D eigenvalue weighted by molar-refractivity contribution is 0.0955. The average Bonchev–Trinajstić information content (AvgIpc) is 2.60. The molecule has 0 spiro atoms. The average molecular weight is 436 g/mol. The molecule has 0 fully saturated rings. The number of methoxy groups -OCH3 is 1. The number of hydrogen-bond donors (Lipinski definition) is 1. The number of halogens is 1. The van der Waals surface area contributed by atoms with E-state index < -0.39 is 0 Å². The number of amides is 1. The molecule has 0 radical (unpaired) electrons. The molecule has 0 aromatic heterocycles. The summed E-state index contributed by atoms with van der Waals surface area (Å²) in [4.78, 5) is 12.0. The van der Waals surface area contributed by atoms with Gasteiger partial charge in [0, 0.05) is 9.13 Å². The van der Waals surface area contributed by atoms with E-state index in [2.05, 4.69) is 39.7 Å². The van der Waals surface area contributed by atoms with Crippen molar-refractivity contribution in [1.29, 1.82) is 0 Å². The zero-order chi connectivity index (χ0) is 17.4. The van der Waals surface area contributed by atoms with Gasteiger partial charge in [-0.3, -0.25) is 4.79 Å². The third kappa shape index (κ3) is 5.09. The van der Waals surface area contributed by atoms with Crippen LogP contribution >= 0.6 is 22.6 Å². The summed E-state index contributed by atoms with van der Waals surface area (Å²) >= 11 is 2.18. The van der Waals surface area contributed by atoms with Gasteiger partial charge in [0.05, 0.1) is 13.3 Å². The Kier molecular flexibility index (Phi) is 6.80. The van der Waals surface area contributed by atoms with E-state index in [0.29, 0.717) is 23.7 Å². The third-order valence-electron chi connectivity index (χ3n) is 3.03. The maximum absolute atomic E-state index is 12.0. The quantitative estimate of drug-likeness (QED) is 0.312. The van der Waals surface area contributed by atoms with Crippen molar-refractivity contribution >= 4 is 34.7 Å². The number of carbonyl (C=O) groups is 1. The lowest BCUT2D eigenvalue weighted by Crippen LogP contribution is -2.17. The number of hydrazone groups is 1. The zero-order valence-electron chi connectivity index (χ0n) is 13.2. The molecule has 0 aliphatic rings. The van der Waals surface area contributed by atoms with Gasteiger partial charge in [-0.05, 0) is 70.6 Å². The third-order valence-corrected chi connectivity index (χ3v) is 3.75. The highest BCUT2D eigenvalue weighted by molar-refractivity contribution is 14.1. The molecule has 0 aliphatic heterocycles.